The van der Waals surface area contributed by atoms with Crippen molar-refractivity contribution in [2.45, 2.75) is 0 Å². The topological polar surface area (TPSA) is 97.0 Å². The summed E-state index contributed by atoms with van der Waals surface area (Å²) < 4.78 is 0. The molecule has 0 aromatic heterocycles. The van der Waals surface area contributed by atoms with E-state index < -0.39 is 0 Å². The standard InChI is InChI=1S/C8H9ClN4O/c9-6-1-2-7(14)5(3-6)4-12-13-8(10)11/h1-4,14H,(H4,10,11,13)/b12-4-. The van der Waals surface area contributed by atoms with E-state index in [0.29, 0.717) is 10.6 Å². The molecule has 0 unspecified atom stereocenters. The van der Waals surface area contributed by atoms with E-state index in [0.717, 1.165) is 0 Å². The third kappa shape index (κ3) is 2.95. The maximum atomic E-state index is 9.34. The summed E-state index contributed by atoms with van der Waals surface area (Å²) >= 11 is 5.70. The fraction of sp³-hybridized carbons (Fsp3) is 0. The summed E-state index contributed by atoms with van der Waals surface area (Å²) in [6, 6.07) is 4.57. The van der Waals surface area contributed by atoms with Gasteiger partial charge in [-0.1, -0.05) is 11.6 Å². The van der Waals surface area contributed by atoms with Crippen LogP contribution in [0.3, 0.4) is 0 Å². The van der Waals surface area contributed by atoms with Crippen LogP contribution >= 0.6 is 11.6 Å². The lowest BCUT2D eigenvalue weighted by Gasteiger charge is -1.97. The summed E-state index contributed by atoms with van der Waals surface area (Å²) in [4.78, 5) is 0. The van der Waals surface area contributed by atoms with Crippen molar-refractivity contribution in [1.29, 1.82) is 0 Å². The Morgan fingerprint density at radius 2 is 2.14 bits per heavy atom. The van der Waals surface area contributed by atoms with Gasteiger partial charge in [0, 0.05) is 10.6 Å². The van der Waals surface area contributed by atoms with Gasteiger partial charge in [0.25, 0.3) is 0 Å². The minimum absolute atomic E-state index is 0.0592. The molecule has 0 saturated heterocycles. The number of phenolic OH excluding ortho intramolecular Hbond substituents is 1. The van der Waals surface area contributed by atoms with Crippen molar-refractivity contribution in [3.8, 4) is 5.75 Å². The number of guanidine groups is 1. The highest BCUT2D eigenvalue weighted by atomic mass is 35.5. The van der Waals surface area contributed by atoms with E-state index in [4.69, 9.17) is 23.1 Å². The lowest BCUT2D eigenvalue weighted by Crippen LogP contribution is -2.21. The summed E-state index contributed by atoms with van der Waals surface area (Å²) in [6.45, 7) is 0. The second-order valence-corrected chi connectivity index (χ2v) is 2.91. The van der Waals surface area contributed by atoms with Crippen LogP contribution in [0.5, 0.6) is 5.75 Å². The second-order valence-electron chi connectivity index (χ2n) is 2.47. The molecule has 0 fully saturated rings. The number of nitrogens with two attached hydrogens (primary N) is 2. The van der Waals surface area contributed by atoms with Crippen molar-refractivity contribution in [2.24, 2.45) is 21.7 Å². The van der Waals surface area contributed by atoms with Gasteiger partial charge in [-0.2, -0.15) is 5.10 Å². The Hall–Kier alpha value is -1.75. The number of rotatable bonds is 2. The summed E-state index contributed by atoms with van der Waals surface area (Å²) in [5.41, 5.74) is 10.5. The maximum Gasteiger partial charge on any atom is 0.211 e. The molecular formula is C8H9ClN4O. The molecular weight excluding hydrogens is 204 g/mol. The van der Waals surface area contributed by atoms with Crippen molar-refractivity contribution < 1.29 is 5.11 Å². The van der Waals surface area contributed by atoms with Crippen molar-refractivity contribution in [2.75, 3.05) is 0 Å². The molecule has 1 rings (SSSR count). The molecule has 0 bridgehead atoms. The van der Waals surface area contributed by atoms with Gasteiger partial charge in [-0.3, -0.25) is 0 Å². The monoisotopic (exact) mass is 212 g/mol. The second kappa shape index (κ2) is 4.48. The minimum atomic E-state index is -0.150. The molecule has 0 heterocycles. The zero-order chi connectivity index (χ0) is 10.6. The average molecular weight is 213 g/mol. The lowest BCUT2D eigenvalue weighted by atomic mass is 10.2. The Morgan fingerprint density at radius 3 is 2.79 bits per heavy atom. The minimum Gasteiger partial charge on any atom is -0.507 e. The third-order valence-electron chi connectivity index (χ3n) is 1.36. The molecule has 1 aromatic rings. The molecule has 5 nitrogen and oxygen atoms in total. The van der Waals surface area contributed by atoms with Crippen LogP contribution in [0, 0.1) is 0 Å². The van der Waals surface area contributed by atoms with Crippen LogP contribution in [0.1, 0.15) is 5.56 Å². The Labute approximate surface area is 85.7 Å². The fourth-order valence-corrected chi connectivity index (χ4v) is 0.967. The normalized spacial score (nSPS) is 10.4. The lowest BCUT2D eigenvalue weighted by molar-refractivity contribution is 0.474. The van der Waals surface area contributed by atoms with E-state index in [1.807, 2.05) is 0 Å². The van der Waals surface area contributed by atoms with E-state index >= 15 is 0 Å². The first-order chi connectivity index (χ1) is 6.59. The van der Waals surface area contributed by atoms with Crippen LogP contribution in [0.25, 0.3) is 0 Å². The Kier molecular flexibility index (Phi) is 3.30. The average Bonchev–Trinajstić information content (AvgIpc) is 2.10. The van der Waals surface area contributed by atoms with Crippen molar-refractivity contribution >= 4 is 23.8 Å². The summed E-state index contributed by atoms with van der Waals surface area (Å²) in [5.74, 6) is -0.0910. The first-order valence-corrected chi connectivity index (χ1v) is 4.08. The molecule has 0 amide bonds. The van der Waals surface area contributed by atoms with E-state index in [-0.39, 0.29) is 11.7 Å². The molecule has 1 aromatic carbocycles. The molecule has 0 saturated carbocycles. The summed E-state index contributed by atoms with van der Waals surface area (Å²) in [7, 11) is 0. The smallest absolute Gasteiger partial charge is 0.211 e. The number of benzene rings is 1. The Morgan fingerprint density at radius 1 is 1.43 bits per heavy atom. The highest BCUT2D eigenvalue weighted by Crippen LogP contribution is 2.19. The van der Waals surface area contributed by atoms with Gasteiger partial charge in [-0.15, -0.1) is 5.10 Å². The van der Waals surface area contributed by atoms with Gasteiger partial charge in [0.2, 0.25) is 5.96 Å². The van der Waals surface area contributed by atoms with E-state index in [2.05, 4.69) is 10.2 Å². The number of phenols is 1. The SMILES string of the molecule is NC(N)=N/N=C\c1cc(Cl)ccc1O. The van der Waals surface area contributed by atoms with Crippen LogP contribution in [0.4, 0.5) is 0 Å². The van der Waals surface area contributed by atoms with Gasteiger partial charge < -0.3 is 16.6 Å². The zero-order valence-corrected chi connectivity index (χ0v) is 7.94. The van der Waals surface area contributed by atoms with E-state index in [9.17, 15) is 5.11 Å². The number of hydrogen-bond acceptors (Lipinski definition) is 3. The van der Waals surface area contributed by atoms with Crippen LogP contribution in [0.2, 0.25) is 5.02 Å². The van der Waals surface area contributed by atoms with Crippen LogP contribution < -0.4 is 11.5 Å². The number of nitrogens with zero attached hydrogens (tertiary/aromatic N) is 2. The van der Waals surface area contributed by atoms with Crippen molar-refractivity contribution in [3.63, 3.8) is 0 Å². The van der Waals surface area contributed by atoms with Gasteiger partial charge in [0.15, 0.2) is 0 Å². The first kappa shape index (κ1) is 10.3. The van der Waals surface area contributed by atoms with Crippen molar-refractivity contribution in [3.05, 3.63) is 28.8 Å². The Bertz CT molecular complexity index is 385. The van der Waals surface area contributed by atoms with E-state index in [1.165, 1.54) is 12.3 Å². The molecule has 0 aliphatic rings. The van der Waals surface area contributed by atoms with Gasteiger partial charge in [-0.25, -0.2) is 0 Å². The highest BCUT2D eigenvalue weighted by Gasteiger charge is 1.97. The predicted molar refractivity (Wildman–Crippen MR) is 56.5 cm³/mol. The number of aromatic hydroxyl groups is 1. The zero-order valence-electron chi connectivity index (χ0n) is 7.18. The predicted octanol–water partition coefficient (Wildman–Crippen LogP) is 0.653. The van der Waals surface area contributed by atoms with Crippen LogP contribution in [0.15, 0.2) is 28.4 Å². The molecule has 74 valence electrons. The van der Waals surface area contributed by atoms with Gasteiger partial charge in [0.05, 0.1) is 6.21 Å². The van der Waals surface area contributed by atoms with Gasteiger partial charge >= 0.3 is 0 Å². The van der Waals surface area contributed by atoms with Crippen LogP contribution in [-0.4, -0.2) is 17.3 Å². The molecule has 6 heteroatoms. The highest BCUT2D eigenvalue weighted by molar-refractivity contribution is 6.30. The quantitative estimate of drug-likeness (QED) is 0.382. The molecule has 5 N–H and O–H groups in total. The maximum absolute atomic E-state index is 9.34. The third-order valence-corrected chi connectivity index (χ3v) is 1.59. The van der Waals surface area contributed by atoms with E-state index in [1.54, 1.807) is 12.1 Å². The van der Waals surface area contributed by atoms with Gasteiger partial charge in [0.1, 0.15) is 5.75 Å². The van der Waals surface area contributed by atoms with Crippen LogP contribution in [-0.2, 0) is 0 Å². The molecule has 14 heavy (non-hydrogen) atoms. The first-order valence-electron chi connectivity index (χ1n) is 3.70. The summed E-state index contributed by atoms with van der Waals surface area (Å²) in [5, 5.41) is 16.7. The van der Waals surface area contributed by atoms with Crippen molar-refractivity contribution in [1.82, 2.24) is 0 Å². The molecule has 0 atom stereocenters. The van der Waals surface area contributed by atoms with Gasteiger partial charge in [-0.05, 0) is 18.2 Å². The molecule has 0 aliphatic carbocycles. The molecule has 0 aliphatic heterocycles. The molecule has 0 spiro atoms. The largest absolute Gasteiger partial charge is 0.507 e. The number of hydrogen-bond donors (Lipinski definition) is 3. The molecule has 0 radical (unpaired) electrons. The Balaban J connectivity index is 2.91. The fourth-order valence-electron chi connectivity index (χ4n) is 0.787. The summed E-state index contributed by atoms with van der Waals surface area (Å²) in [6.07, 6.45) is 1.31. The number of halogens is 1.